The predicted molar refractivity (Wildman–Crippen MR) is 88.1 cm³/mol. The Hall–Kier alpha value is -1.18. The molecule has 0 aliphatic carbocycles. The molecule has 0 atom stereocenters. The Kier molecular flexibility index (Phi) is 4.42. The minimum absolute atomic E-state index is 0.0413. The smallest absolute Gasteiger partial charge is 0.254 e. The highest BCUT2D eigenvalue weighted by molar-refractivity contribution is 9.11. The van der Waals surface area contributed by atoms with E-state index in [4.69, 9.17) is 0 Å². The Morgan fingerprint density at radius 2 is 1.62 bits per heavy atom. The third-order valence-corrected chi connectivity index (χ3v) is 5.62. The average Bonchev–Trinajstić information content (AvgIpc) is 3.17. The van der Waals surface area contributed by atoms with Gasteiger partial charge < -0.3 is 9.80 Å². The molecule has 0 bridgehead atoms. The number of piperazine rings is 1. The van der Waals surface area contributed by atoms with Crippen molar-refractivity contribution in [2.24, 2.45) is 0 Å². The van der Waals surface area contributed by atoms with Crippen LogP contribution in [0.15, 0.2) is 32.1 Å². The SMILES string of the molecule is O=C(c1ccsc1)N1CCN(C(=O)c2csc(Br)c2)CC1. The van der Waals surface area contributed by atoms with Gasteiger partial charge in [0.2, 0.25) is 0 Å². The van der Waals surface area contributed by atoms with Crippen molar-refractivity contribution in [2.75, 3.05) is 26.2 Å². The second-order valence-corrected chi connectivity index (χ2v) is 7.81. The Labute approximate surface area is 139 Å². The van der Waals surface area contributed by atoms with Crippen LogP contribution in [0.1, 0.15) is 20.7 Å². The largest absolute Gasteiger partial charge is 0.335 e. The molecule has 1 fully saturated rings. The lowest BCUT2D eigenvalue weighted by Crippen LogP contribution is -2.50. The maximum Gasteiger partial charge on any atom is 0.254 e. The number of carbonyl (C=O) groups is 2. The number of carbonyl (C=O) groups excluding carboxylic acids is 2. The molecule has 1 aliphatic rings. The topological polar surface area (TPSA) is 40.6 Å². The van der Waals surface area contributed by atoms with E-state index in [0.717, 1.165) is 9.35 Å². The van der Waals surface area contributed by atoms with Crippen LogP contribution in [0.5, 0.6) is 0 Å². The first-order chi connectivity index (χ1) is 10.1. The number of amides is 2. The van der Waals surface area contributed by atoms with Crippen LogP contribution in [-0.4, -0.2) is 47.8 Å². The molecule has 7 heteroatoms. The van der Waals surface area contributed by atoms with Crippen molar-refractivity contribution in [1.82, 2.24) is 9.80 Å². The van der Waals surface area contributed by atoms with Gasteiger partial charge in [0.1, 0.15) is 0 Å². The predicted octanol–water partition coefficient (Wildman–Crippen LogP) is 3.17. The molecule has 110 valence electrons. The van der Waals surface area contributed by atoms with Gasteiger partial charge in [-0.2, -0.15) is 11.3 Å². The zero-order valence-electron chi connectivity index (χ0n) is 11.1. The maximum absolute atomic E-state index is 12.3. The standard InChI is InChI=1S/C14H13BrN2O2S2/c15-12-7-11(9-21-12)14(19)17-4-2-16(3-5-17)13(18)10-1-6-20-8-10/h1,6-9H,2-5H2. The Bertz CT molecular complexity index is 646. The maximum atomic E-state index is 12.3. The summed E-state index contributed by atoms with van der Waals surface area (Å²) in [6.45, 7) is 2.35. The van der Waals surface area contributed by atoms with Gasteiger partial charge >= 0.3 is 0 Å². The van der Waals surface area contributed by atoms with Gasteiger partial charge in [-0.1, -0.05) is 0 Å². The summed E-state index contributed by atoms with van der Waals surface area (Å²) < 4.78 is 0.956. The zero-order valence-corrected chi connectivity index (χ0v) is 14.3. The fraction of sp³-hybridized carbons (Fsp3) is 0.286. The van der Waals surface area contributed by atoms with Crippen LogP contribution in [-0.2, 0) is 0 Å². The number of rotatable bonds is 2. The summed E-state index contributed by atoms with van der Waals surface area (Å²) in [5.74, 6) is 0.0983. The zero-order chi connectivity index (χ0) is 14.8. The van der Waals surface area contributed by atoms with Crippen LogP contribution in [0.2, 0.25) is 0 Å². The molecule has 2 amide bonds. The summed E-state index contributed by atoms with van der Waals surface area (Å²) in [6, 6.07) is 3.68. The molecule has 0 unspecified atom stereocenters. The van der Waals surface area contributed by atoms with Crippen molar-refractivity contribution in [3.8, 4) is 0 Å². The van der Waals surface area contributed by atoms with E-state index in [1.165, 1.54) is 22.7 Å². The van der Waals surface area contributed by atoms with E-state index in [9.17, 15) is 9.59 Å². The van der Waals surface area contributed by atoms with Crippen molar-refractivity contribution in [3.05, 3.63) is 43.2 Å². The summed E-state index contributed by atoms with van der Waals surface area (Å²) >= 11 is 6.40. The number of hydrogen-bond donors (Lipinski definition) is 0. The molecular weight excluding hydrogens is 372 g/mol. The van der Waals surface area contributed by atoms with E-state index >= 15 is 0 Å². The van der Waals surface area contributed by atoms with Gasteiger partial charge in [0.25, 0.3) is 11.8 Å². The van der Waals surface area contributed by atoms with E-state index in [0.29, 0.717) is 31.7 Å². The van der Waals surface area contributed by atoms with E-state index in [1.54, 1.807) is 0 Å². The molecular formula is C14H13BrN2O2S2. The van der Waals surface area contributed by atoms with Gasteiger partial charge in [0.15, 0.2) is 0 Å². The van der Waals surface area contributed by atoms with Gasteiger partial charge in [-0.25, -0.2) is 0 Å². The molecule has 0 radical (unpaired) electrons. The van der Waals surface area contributed by atoms with Crippen molar-refractivity contribution in [1.29, 1.82) is 0 Å². The quantitative estimate of drug-likeness (QED) is 0.797. The van der Waals surface area contributed by atoms with Crippen LogP contribution in [0.25, 0.3) is 0 Å². The van der Waals surface area contributed by atoms with Gasteiger partial charge in [-0.3, -0.25) is 9.59 Å². The fourth-order valence-electron chi connectivity index (χ4n) is 2.29. The van der Waals surface area contributed by atoms with Gasteiger partial charge in [0.05, 0.1) is 14.9 Å². The van der Waals surface area contributed by atoms with E-state index in [1.807, 2.05) is 38.1 Å². The average molecular weight is 385 g/mol. The van der Waals surface area contributed by atoms with E-state index in [-0.39, 0.29) is 11.8 Å². The summed E-state index contributed by atoms with van der Waals surface area (Å²) in [6.07, 6.45) is 0. The molecule has 21 heavy (non-hydrogen) atoms. The first-order valence-electron chi connectivity index (χ1n) is 6.50. The van der Waals surface area contributed by atoms with Crippen molar-refractivity contribution >= 4 is 50.4 Å². The molecule has 3 heterocycles. The van der Waals surface area contributed by atoms with Crippen LogP contribution in [0, 0.1) is 0 Å². The molecule has 4 nitrogen and oxygen atoms in total. The van der Waals surface area contributed by atoms with Crippen LogP contribution < -0.4 is 0 Å². The highest BCUT2D eigenvalue weighted by atomic mass is 79.9. The normalized spacial score (nSPS) is 15.3. The molecule has 0 N–H and O–H groups in total. The summed E-state index contributed by atoms with van der Waals surface area (Å²) in [5, 5.41) is 5.62. The number of nitrogens with zero attached hydrogens (tertiary/aromatic N) is 2. The monoisotopic (exact) mass is 384 g/mol. The first kappa shape index (κ1) is 14.7. The lowest BCUT2D eigenvalue weighted by atomic mass is 10.2. The summed E-state index contributed by atoms with van der Waals surface area (Å²) in [7, 11) is 0. The van der Waals surface area contributed by atoms with E-state index in [2.05, 4.69) is 15.9 Å². The lowest BCUT2D eigenvalue weighted by molar-refractivity contribution is 0.0536. The molecule has 2 aromatic heterocycles. The van der Waals surface area contributed by atoms with Crippen LogP contribution in [0.3, 0.4) is 0 Å². The molecule has 0 saturated carbocycles. The highest BCUT2D eigenvalue weighted by Crippen LogP contribution is 2.22. The van der Waals surface area contributed by atoms with Crippen molar-refractivity contribution in [3.63, 3.8) is 0 Å². The minimum atomic E-state index is 0.0413. The number of halogens is 1. The van der Waals surface area contributed by atoms with Crippen molar-refractivity contribution in [2.45, 2.75) is 0 Å². The lowest BCUT2D eigenvalue weighted by Gasteiger charge is -2.34. The Morgan fingerprint density at radius 3 is 2.10 bits per heavy atom. The second-order valence-electron chi connectivity index (χ2n) is 4.74. The van der Waals surface area contributed by atoms with Gasteiger partial charge in [0, 0.05) is 36.9 Å². The molecule has 2 aromatic rings. The van der Waals surface area contributed by atoms with Crippen LogP contribution >= 0.6 is 38.6 Å². The number of thiophene rings is 2. The molecule has 3 rings (SSSR count). The first-order valence-corrected chi connectivity index (χ1v) is 9.11. The Balaban J connectivity index is 1.60. The molecule has 0 aromatic carbocycles. The van der Waals surface area contributed by atoms with Gasteiger partial charge in [-0.15, -0.1) is 11.3 Å². The van der Waals surface area contributed by atoms with Crippen molar-refractivity contribution < 1.29 is 9.59 Å². The molecule has 0 spiro atoms. The molecule has 1 saturated heterocycles. The van der Waals surface area contributed by atoms with Crippen LogP contribution in [0.4, 0.5) is 0 Å². The fourth-order valence-corrected chi connectivity index (χ4v) is 4.05. The third-order valence-electron chi connectivity index (χ3n) is 3.44. The molecule has 1 aliphatic heterocycles. The van der Waals surface area contributed by atoms with Gasteiger partial charge in [-0.05, 0) is 33.4 Å². The summed E-state index contributed by atoms with van der Waals surface area (Å²) in [4.78, 5) is 28.2. The minimum Gasteiger partial charge on any atom is -0.335 e. The summed E-state index contributed by atoms with van der Waals surface area (Å²) in [5.41, 5.74) is 1.45. The Morgan fingerprint density at radius 1 is 1.00 bits per heavy atom. The number of hydrogen-bond acceptors (Lipinski definition) is 4. The third kappa shape index (κ3) is 3.20. The van der Waals surface area contributed by atoms with E-state index < -0.39 is 0 Å². The highest BCUT2D eigenvalue weighted by Gasteiger charge is 2.25. The second kappa shape index (κ2) is 6.29.